The summed E-state index contributed by atoms with van der Waals surface area (Å²) in [4.78, 5) is 19.8. The van der Waals surface area contributed by atoms with Crippen LogP contribution < -0.4 is 10.1 Å². The van der Waals surface area contributed by atoms with Gasteiger partial charge in [-0.15, -0.1) is 23.1 Å². The van der Waals surface area contributed by atoms with Crippen molar-refractivity contribution < 1.29 is 9.15 Å². The molecular formula is C92H150N8O2S2. The van der Waals surface area contributed by atoms with Gasteiger partial charge in [0.2, 0.25) is 0 Å². The Bertz CT molecular complexity index is 2940. The second kappa shape index (κ2) is 90.6. The number of aromatic nitrogens is 7. The van der Waals surface area contributed by atoms with E-state index in [4.69, 9.17) is 9.15 Å². The number of aromatic amines is 3. The van der Waals surface area contributed by atoms with Crippen molar-refractivity contribution in [1.29, 1.82) is 0 Å². The first-order chi connectivity index (χ1) is 51.7. The maximum atomic E-state index is 5.30. The average Bonchev–Trinajstić information content (AvgIpc) is 1.87. The van der Waals surface area contributed by atoms with Crippen molar-refractivity contribution >= 4 is 82.9 Å². The summed E-state index contributed by atoms with van der Waals surface area (Å²) in [7, 11) is 0. The third kappa shape index (κ3) is 49.3. The second-order valence-electron chi connectivity index (χ2n) is 16.3. The van der Waals surface area contributed by atoms with E-state index in [1.807, 2.05) is 373 Å². The summed E-state index contributed by atoms with van der Waals surface area (Å²) in [5.41, 5.74) is 14.8. The van der Waals surface area contributed by atoms with Crippen molar-refractivity contribution in [2.45, 2.75) is 246 Å². The number of nitrogens with zero attached hydrogens (tertiary/aromatic N) is 4. The van der Waals surface area contributed by atoms with Gasteiger partial charge in [0.1, 0.15) is 11.3 Å². The van der Waals surface area contributed by atoms with Crippen molar-refractivity contribution in [3.63, 3.8) is 0 Å². The lowest BCUT2D eigenvalue weighted by molar-refractivity contribution is 0.357. The molecule has 10 nitrogen and oxygen atoms in total. The van der Waals surface area contributed by atoms with E-state index >= 15 is 0 Å². The van der Waals surface area contributed by atoms with Crippen LogP contribution in [0.5, 0.6) is 5.75 Å². The van der Waals surface area contributed by atoms with Gasteiger partial charge in [0.25, 0.3) is 0 Å². The summed E-state index contributed by atoms with van der Waals surface area (Å²) >= 11 is 3.64. The molecule has 4 N–H and O–H groups in total. The average molecular weight is 1460 g/mol. The molecule has 3 aliphatic heterocycles. The molecule has 0 aliphatic carbocycles. The predicted molar refractivity (Wildman–Crippen MR) is 481 cm³/mol. The Morgan fingerprint density at radius 1 is 0.365 bits per heavy atom. The number of ether oxygens (including phenoxy) is 1. The first-order valence-corrected chi connectivity index (χ1v) is 41.7. The monoisotopic (exact) mass is 1460 g/mol. The zero-order chi connectivity index (χ0) is 80.8. The number of fused-ring (bicyclic) bond motifs is 8. The molecule has 0 saturated carbocycles. The SMILES string of the molecule is CC.CC.CC.CC.CC.CC.CC.CC.CC.CC.CC.CC.CC.CC.CC.CC.c1ccc2[nH]ccc2c1.c1ccc2[nH]cnc2c1.c1ccc2[nH]ncc2c1.c1ccc2c(c1)CCN2.c1ccc2c(c1)CCO2.c1ccc2c(c1)CCS2.c1ccc2ocnc2c1.c1ccc2scnc2c1. The molecule has 0 unspecified atom stereocenters. The molecule has 582 valence electrons. The molecule has 0 amide bonds. The van der Waals surface area contributed by atoms with Crippen molar-refractivity contribution in [2.75, 3.05) is 24.2 Å². The Kier molecular flexibility index (Phi) is 97.1. The van der Waals surface area contributed by atoms with Crippen LogP contribution in [0.4, 0.5) is 5.69 Å². The second-order valence-corrected chi connectivity index (χ2v) is 18.4. The summed E-state index contributed by atoms with van der Waals surface area (Å²) in [5.74, 6) is 2.34. The minimum absolute atomic E-state index is 0.845. The van der Waals surface area contributed by atoms with Gasteiger partial charge in [-0.1, -0.05) is 349 Å². The largest absolute Gasteiger partial charge is 0.493 e. The van der Waals surface area contributed by atoms with E-state index in [2.05, 4.69) is 119 Å². The topological polar surface area (TPSA) is 133 Å². The maximum absolute atomic E-state index is 5.30. The molecule has 5 aromatic heterocycles. The van der Waals surface area contributed by atoms with Crippen LogP contribution in [0, 0.1) is 0 Å². The highest BCUT2D eigenvalue weighted by Crippen LogP contribution is 2.30. The van der Waals surface area contributed by atoms with Gasteiger partial charge in [-0.3, -0.25) is 5.10 Å². The number of hydrogen-bond acceptors (Lipinski definition) is 9. The van der Waals surface area contributed by atoms with Gasteiger partial charge in [0, 0.05) is 46.4 Å². The smallest absolute Gasteiger partial charge is 0.181 e. The number of benzene rings is 8. The third-order valence-electron chi connectivity index (χ3n) is 11.5. The van der Waals surface area contributed by atoms with Gasteiger partial charge >= 0.3 is 0 Å². The number of rotatable bonds is 0. The first-order valence-electron chi connectivity index (χ1n) is 39.8. The molecule has 16 rings (SSSR count). The molecule has 104 heavy (non-hydrogen) atoms. The predicted octanol–water partition coefficient (Wildman–Crippen LogP) is 31.4. The minimum atomic E-state index is 0.845. The van der Waals surface area contributed by atoms with Crippen molar-refractivity contribution in [1.82, 2.24) is 35.1 Å². The molecule has 12 heteroatoms. The number of oxazole rings is 1. The van der Waals surface area contributed by atoms with Crippen molar-refractivity contribution in [3.8, 4) is 5.75 Å². The zero-order valence-electron chi connectivity index (χ0n) is 71.6. The molecule has 3 aliphatic rings. The summed E-state index contributed by atoms with van der Waals surface area (Å²) in [6.07, 6.45) is 10.4. The number of thiazole rings is 1. The van der Waals surface area contributed by atoms with E-state index < -0.39 is 0 Å². The Labute approximate surface area is 646 Å². The number of imidazole rings is 1. The normalized spacial score (nSPS) is 9.23. The molecule has 0 saturated heterocycles. The van der Waals surface area contributed by atoms with Crippen LogP contribution in [0.2, 0.25) is 0 Å². The Balaban J connectivity index is -0.000000160. The lowest BCUT2D eigenvalue weighted by Gasteiger charge is -1.94. The van der Waals surface area contributed by atoms with Gasteiger partial charge in [-0.25, -0.2) is 15.0 Å². The van der Waals surface area contributed by atoms with Crippen LogP contribution in [-0.2, 0) is 19.3 Å². The van der Waals surface area contributed by atoms with E-state index in [9.17, 15) is 0 Å². The number of hydrogen-bond donors (Lipinski definition) is 4. The van der Waals surface area contributed by atoms with Crippen LogP contribution in [-0.4, -0.2) is 54.0 Å². The number of H-pyrrole nitrogens is 3. The maximum Gasteiger partial charge on any atom is 0.181 e. The van der Waals surface area contributed by atoms with Crippen LogP contribution in [0.15, 0.2) is 240 Å². The lowest BCUT2D eigenvalue weighted by Crippen LogP contribution is -1.90. The fourth-order valence-electron chi connectivity index (χ4n) is 7.85. The van der Waals surface area contributed by atoms with E-state index in [-0.39, 0.29) is 0 Å². The van der Waals surface area contributed by atoms with Crippen LogP contribution in [0.25, 0.3) is 54.2 Å². The van der Waals surface area contributed by atoms with Gasteiger partial charge in [0.15, 0.2) is 12.0 Å². The summed E-state index contributed by atoms with van der Waals surface area (Å²) in [6.45, 7) is 66.0. The van der Waals surface area contributed by atoms with Gasteiger partial charge in [0.05, 0.1) is 51.4 Å². The lowest BCUT2D eigenvalue weighted by atomic mass is 10.2. The number of aryl methyl sites for hydroxylation is 1. The summed E-state index contributed by atoms with van der Waals surface area (Å²) in [5, 5.41) is 12.5. The fraction of sp³-hybridized carbons (Fsp3) is 0.413. The van der Waals surface area contributed by atoms with E-state index in [0.717, 1.165) is 63.9 Å². The molecule has 0 fully saturated rings. The van der Waals surface area contributed by atoms with E-state index in [1.54, 1.807) is 17.7 Å². The Morgan fingerprint density at radius 3 is 1.39 bits per heavy atom. The molecule has 0 atom stereocenters. The van der Waals surface area contributed by atoms with E-state index in [0.29, 0.717) is 0 Å². The highest BCUT2D eigenvalue weighted by atomic mass is 32.2. The zero-order valence-corrected chi connectivity index (χ0v) is 73.2. The third-order valence-corrected chi connectivity index (χ3v) is 13.5. The van der Waals surface area contributed by atoms with Gasteiger partial charge < -0.3 is 24.4 Å². The molecule has 0 radical (unpaired) electrons. The van der Waals surface area contributed by atoms with Gasteiger partial charge in [-0.05, 0) is 108 Å². The molecule has 0 bridgehead atoms. The number of thioether (sulfide) groups is 1. The van der Waals surface area contributed by atoms with Crippen LogP contribution in [0.1, 0.15) is 238 Å². The van der Waals surface area contributed by atoms with Crippen molar-refractivity contribution in [2.24, 2.45) is 0 Å². The van der Waals surface area contributed by atoms with Gasteiger partial charge in [-0.2, -0.15) is 5.10 Å². The molecule has 0 spiro atoms. The standard InChI is InChI=1S/C8H9N.C8H7N.C8H8O.C8H8S.2C7H6N2.C7H5NO.C7H5NS.16C2H6/c4*1-2-4-8-7(3-1)5-6-9-8;1-2-4-7-6(3-1)8-5-9-7;1-2-4-7-6(3-1)5-8-9-7;2*1-2-4-7-6(3-1)8-5-9-7;16*1-2/h1-4,9H,5-6H2;1-6,9H;2*1-4H,5-6H2;2*1-5H,(H,8,9);2*1-5H;16*1-2H3. The van der Waals surface area contributed by atoms with Crippen molar-refractivity contribution in [3.05, 3.63) is 248 Å². The number of nitrogens with one attached hydrogen (secondary N) is 4. The molecular weight excluding hydrogens is 1310 g/mol. The van der Waals surface area contributed by atoms with Crippen LogP contribution in [0.3, 0.4) is 0 Å². The van der Waals surface area contributed by atoms with Crippen LogP contribution >= 0.6 is 23.1 Å². The highest BCUT2D eigenvalue weighted by molar-refractivity contribution is 7.99. The first kappa shape index (κ1) is 111. The summed E-state index contributed by atoms with van der Waals surface area (Å²) in [6, 6.07) is 67.3. The fourth-order valence-corrected chi connectivity index (χ4v) is 9.60. The molecule has 8 aromatic carbocycles. The quantitative estimate of drug-likeness (QED) is 0.118. The minimum Gasteiger partial charge on any atom is -0.493 e. The van der Waals surface area contributed by atoms with E-state index in [1.165, 1.54) is 67.9 Å². The number of anilines is 1. The number of para-hydroxylation sites is 9. The molecule has 13 aromatic rings. The highest BCUT2D eigenvalue weighted by Gasteiger charge is 2.09. The molecule has 8 heterocycles. The summed E-state index contributed by atoms with van der Waals surface area (Å²) < 4.78 is 11.6. The Morgan fingerprint density at radius 2 is 0.846 bits per heavy atom. The Hall–Kier alpha value is -8.45.